The maximum absolute atomic E-state index is 12.9. The van der Waals surface area contributed by atoms with Gasteiger partial charge >= 0.3 is 0 Å². The highest BCUT2D eigenvalue weighted by molar-refractivity contribution is 14.1. The van der Waals surface area contributed by atoms with Crippen LogP contribution in [-0.4, -0.2) is 34.4 Å². The zero-order valence-electron chi connectivity index (χ0n) is 11.4. The second-order valence-corrected chi connectivity index (χ2v) is 7.16. The highest BCUT2D eigenvalue weighted by atomic mass is 127. The predicted octanol–water partition coefficient (Wildman–Crippen LogP) is 3.18. The summed E-state index contributed by atoms with van der Waals surface area (Å²) >= 11 is 5.55. The van der Waals surface area contributed by atoms with Crippen LogP contribution in [0, 0.1) is 3.57 Å². The molecule has 1 aromatic rings. The third-order valence-corrected chi connectivity index (χ3v) is 5.08. The molecule has 1 aromatic carbocycles. The number of amides is 1. The van der Waals surface area contributed by atoms with E-state index in [1.165, 1.54) is 0 Å². The molecule has 0 unspecified atom stereocenters. The Bertz CT molecular complexity index is 559. The van der Waals surface area contributed by atoms with E-state index >= 15 is 0 Å². The Morgan fingerprint density at radius 3 is 2.76 bits per heavy atom. The molecule has 0 radical (unpaired) electrons. The first-order chi connectivity index (χ1) is 10.0. The van der Waals surface area contributed by atoms with Gasteiger partial charge in [-0.2, -0.15) is 0 Å². The van der Waals surface area contributed by atoms with Gasteiger partial charge in [-0.05, 0) is 53.6 Å². The monoisotopic (exact) mass is 465 g/mol. The number of nitrogens with two attached hydrogens (primary N) is 1. The minimum Gasteiger partial charge on any atom is -0.409 e. The zero-order valence-corrected chi connectivity index (χ0v) is 15.2. The summed E-state index contributed by atoms with van der Waals surface area (Å²) in [6, 6.07) is 5.78. The molecule has 5 nitrogen and oxygen atoms in total. The van der Waals surface area contributed by atoms with E-state index in [1.54, 1.807) is 4.90 Å². The van der Waals surface area contributed by atoms with Gasteiger partial charge in [0.25, 0.3) is 5.91 Å². The second-order valence-electron chi connectivity index (χ2n) is 5.09. The van der Waals surface area contributed by atoms with Crippen molar-refractivity contribution in [2.24, 2.45) is 10.9 Å². The third kappa shape index (κ3) is 4.09. The van der Waals surface area contributed by atoms with Crippen LogP contribution in [-0.2, 0) is 0 Å². The molecule has 0 atom stereocenters. The summed E-state index contributed by atoms with van der Waals surface area (Å²) in [5.74, 6) is -0.0144. The Morgan fingerprint density at radius 1 is 1.48 bits per heavy atom. The lowest BCUT2D eigenvalue weighted by atomic mass is 10.1. The van der Waals surface area contributed by atoms with Crippen LogP contribution in [0.15, 0.2) is 27.8 Å². The van der Waals surface area contributed by atoms with Crippen molar-refractivity contribution in [2.75, 3.05) is 6.54 Å². The summed E-state index contributed by atoms with van der Waals surface area (Å²) in [5.41, 5.74) is 6.26. The summed E-state index contributed by atoms with van der Waals surface area (Å²) < 4.78 is 1.75. The topological polar surface area (TPSA) is 78.9 Å². The standard InChI is InChI=1S/C14H17BrIN3O2/c15-9-5-6-12(16)11(7-9)14(20)19(8-13(17)18-21)10-3-1-2-4-10/h5-7,10,21H,1-4,8H2,(H2,17,18). The number of halogens is 2. The van der Waals surface area contributed by atoms with E-state index in [1.807, 2.05) is 18.2 Å². The van der Waals surface area contributed by atoms with Gasteiger partial charge < -0.3 is 15.8 Å². The van der Waals surface area contributed by atoms with Crippen molar-refractivity contribution in [3.63, 3.8) is 0 Å². The molecule has 7 heteroatoms. The molecule has 0 saturated heterocycles. The molecule has 0 aromatic heterocycles. The number of carbonyl (C=O) groups excluding carboxylic acids is 1. The van der Waals surface area contributed by atoms with Crippen LogP contribution >= 0.6 is 38.5 Å². The molecule has 114 valence electrons. The normalized spacial score (nSPS) is 16.2. The largest absolute Gasteiger partial charge is 0.409 e. The molecule has 21 heavy (non-hydrogen) atoms. The van der Waals surface area contributed by atoms with Gasteiger partial charge in [0.1, 0.15) is 0 Å². The van der Waals surface area contributed by atoms with Crippen LogP contribution in [0.1, 0.15) is 36.0 Å². The Labute approximate surface area is 145 Å². The third-order valence-electron chi connectivity index (χ3n) is 3.65. The molecular formula is C14H17BrIN3O2. The zero-order chi connectivity index (χ0) is 15.4. The molecular weight excluding hydrogens is 449 g/mol. The Balaban J connectivity index is 2.30. The fraction of sp³-hybridized carbons (Fsp3) is 0.429. The van der Waals surface area contributed by atoms with Crippen molar-refractivity contribution >= 4 is 50.3 Å². The van der Waals surface area contributed by atoms with Crippen LogP contribution in [0.2, 0.25) is 0 Å². The van der Waals surface area contributed by atoms with E-state index < -0.39 is 0 Å². The second kappa shape index (κ2) is 7.44. The molecule has 1 aliphatic rings. The summed E-state index contributed by atoms with van der Waals surface area (Å²) in [5, 5.41) is 11.8. The first-order valence-corrected chi connectivity index (χ1v) is 8.62. The minimum atomic E-state index is -0.0702. The van der Waals surface area contributed by atoms with Gasteiger partial charge in [-0.1, -0.05) is 33.9 Å². The molecule has 2 rings (SSSR count). The van der Waals surface area contributed by atoms with Crippen molar-refractivity contribution in [3.05, 3.63) is 31.8 Å². The molecule has 1 fully saturated rings. The van der Waals surface area contributed by atoms with Crippen molar-refractivity contribution < 1.29 is 10.0 Å². The Morgan fingerprint density at radius 2 is 2.14 bits per heavy atom. The maximum atomic E-state index is 12.9. The lowest BCUT2D eigenvalue weighted by Crippen LogP contribution is -2.44. The number of hydrogen-bond acceptors (Lipinski definition) is 3. The van der Waals surface area contributed by atoms with E-state index in [-0.39, 0.29) is 24.3 Å². The SMILES string of the molecule is N/C(CN(C(=O)c1cc(Br)ccc1I)C1CCCC1)=N/O. The van der Waals surface area contributed by atoms with Crippen molar-refractivity contribution in [2.45, 2.75) is 31.7 Å². The van der Waals surface area contributed by atoms with Crippen LogP contribution in [0.5, 0.6) is 0 Å². The lowest BCUT2D eigenvalue weighted by molar-refractivity contribution is 0.0711. The smallest absolute Gasteiger partial charge is 0.255 e. The molecule has 3 N–H and O–H groups in total. The van der Waals surface area contributed by atoms with Gasteiger partial charge in [0.15, 0.2) is 5.84 Å². The average molecular weight is 466 g/mol. The van der Waals surface area contributed by atoms with Gasteiger partial charge in [0, 0.05) is 14.1 Å². The molecule has 0 aliphatic heterocycles. The quantitative estimate of drug-likeness (QED) is 0.235. The van der Waals surface area contributed by atoms with E-state index in [2.05, 4.69) is 43.7 Å². The van der Waals surface area contributed by atoms with Crippen LogP contribution in [0.3, 0.4) is 0 Å². The number of benzene rings is 1. The fourth-order valence-corrected chi connectivity index (χ4v) is 3.53. The maximum Gasteiger partial charge on any atom is 0.255 e. The van der Waals surface area contributed by atoms with E-state index in [0.717, 1.165) is 33.7 Å². The van der Waals surface area contributed by atoms with Gasteiger partial charge in [-0.15, -0.1) is 0 Å². The van der Waals surface area contributed by atoms with E-state index in [0.29, 0.717) is 5.56 Å². The van der Waals surface area contributed by atoms with E-state index in [4.69, 9.17) is 10.9 Å². The van der Waals surface area contributed by atoms with Crippen molar-refractivity contribution in [1.82, 2.24) is 4.90 Å². The van der Waals surface area contributed by atoms with Crippen molar-refractivity contribution in [3.8, 4) is 0 Å². The average Bonchev–Trinajstić information content (AvgIpc) is 3.00. The summed E-state index contributed by atoms with van der Waals surface area (Å²) in [4.78, 5) is 14.6. The Kier molecular flexibility index (Phi) is 5.86. The predicted molar refractivity (Wildman–Crippen MR) is 93.6 cm³/mol. The van der Waals surface area contributed by atoms with Gasteiger partial charge in [0.2, 0.25) is 0 Å². The summed E-state index contributed by atoms with van der Waals surface area (Å²) in [7, 11) is 0. The van der Waals surface area contributed by atoms with Crippen molar-refractivity contribution in [1.29, 1.82) is 0 Å². The molecule has 0 heterocycles. The number of amidine groups is 1. The number of hydrogen-bond donors (Lipinski definition) is 2. The number of carbonyl (C=O) groups is 1. The van der Waals surface area contributed by atoms with Gasteiger partial charge in [0.05, 0.1) is 12.1 Å². The number of nitrogens with zero attached hydrogens (tertiary/aromatic N) is 2. The molecule has 0 bridgehead atoms. The van der Waals surface area contributed by atoms with Crippen LogP contribution in [0.4, 0.5) is 0 Å². The first-order valence-electron chi connectivity index (χ1n) is 6.75. The molecule has 1 saturated carbocycles. The van der Waals surface area contributed by atoms with E-state index in [9.17, 15) is 4.79 Å². The summed E-state index contributed by atoms with van der Waals surface area (Å²) in [6.07, 6.45) is 4.16. The number of rotatable bonds is 4. The Hall–Kier alpha value is -0.830. The van der Waals surface area contributed by atoms with Crippen LogP contribution < -0.4 is 5.73 Å². The molecule has 0 spiro atoms. The lowest BCUT2D eigenvalue weighted by Gasteiger charge is -2.29. The highest BCUT2D eigenvalue weighted by Gasteiger charge is 2.29. The van der Waals surface area contributed by atoms with Crippen LogP contribution in [0.25, 0.3) is 0 Å². The fourth-order valence-electron chi connectivity index (χ4n) is 2.60. The minimum absolute atomic E-state index is 0.0558. The molecule has 1 aliphatic carbocycles. The highest BCUT2D eigenvalue weighted by Crippen LogP contribution is 2.27. The summed E-state index contributed by atoms with van der Waals surface area (Å²) in [6.45, 7) is 0.155. The molecule has 1 amide bonds. The first kappa shape index (κ1) is 16.5. The number of oxime groups is 1. The van der Waals surface area contributed by atoms with Gasteiger partial charge in [-0.25, -0.2) is 0 Å². The van der Waals surface area contributed by atoms with Gasteiger partial charge in [-0.3, -0.25) is 4.79 Å².